The van der Waals surface area contributed by atoms with Gasteiger partial charge in [0.1, 0.15) is 0 Å². The van der Waals surface area contributed by atoms with Crippen molar-refractivity contribution in [3.63, 3.8) is 0 Å². The third-order valence-electron chi connectivity index (χ3n) is 3.21. The zero-order valence-electron chi connectivity index (χ0n) is 10.7. The Balaban J connectivity index is 2.16. The second kappa shape index (κ2) is 4.77. The Morgan fingerprint density at radius 3 is 2.84 bits per heavy atom. The van der Waals surface area contributed by atoms with Gasteiger partial charge in [0.15, 0.2) is 15.8 Å². The van der Waals surface area contributed by atoms with Gasteiger partial charge < -0.3 is 5.32 Å². The zero-order chi connectivity index (χ0) is 13.5. The van der Waals surface area contributed by atoms with Gasteiger partial charge in [0.2, 0.25) is 0 Å². The summed E-state index contributed by atoms with van der Waals surface area (Å²) in [5.74, 6) is 0.459. The number of aromatic nitrogens is 2. The molecule has 8 heteroatoms. The van der Waals surface area contributed by atoms with Gasteiger partial charge in [-0.15, -0.1) is 11.3 Å². The molecule has 0 bridgehead atoms. The van der Waals surface area contributed by atoms with Crippen molar-refractivity contribution in [1.29, 1.82) is 0 Å². The topological polar surface area (TPSA) is 66.7 Å². The van der Waals surface area contributed by atoms with E-state index in [0.29, 0.717) is 30.4 Å². The molecule has 19 heavy (non-hydrogen) atoms. The zero-order valence-corrected chi connectivity index (χ0v) is 12.3. The average Bonchev–Trinajstić information content (AvgIpc) is 3.04. The fourth-order valence-electron chi connectivity index (χ4n) is 2.34. The summed E-state index contributed by atoms with van der Waals surface area (Å²) in [6.45, 7) is 3.78. The third-order valence-corrected chi connectivity index (χ3v) is 5.89. The van der Waals surface area contributed by atoms with Crippen LogP contribution in [0.1, 0.15) is 19.8 Å². The van der Waals surface area contributed by atoms with Crippen molar-refractivity contribution >= 4 is 32.1 Å². The Bertz CT molecular complexity index is 683. The maximum Gasteiger partial charge on any atom is 0.262 e. The van der Waals surface area contributed by atoms with Gasteiger partial charge in [-0.2, -0.15) is 4.31 Å². The number of anilines is 1. The van der Waals surface area contributed by atoms with Crippen molar-refractivity contribution < 1.29 is 8.42 Å². The van der Waals surface area contributed by atoms with Gasteiger partial charge in [-0.25, -0.2) is 13.4 Å². The highest BCUT2D eigenvalue weighted by Gasteiger charge is 2.33. The summed E-state index contributed by atoms with van der Waals surface area (Å²) >= 11 is 1.44. The van der Waals surface area contributed by atoms with Gasteiger partial charge in [0, 0.05) is 31.2 Å². The second-order valence-electron chi connectivity index (χ2n) is 4.46. The number of nitrogens with one attached hydrogen (secondary N) is 1. The molecule has 1 aliphatic rings. The van der Waals surface area contributed by atoms with Crippen molar-refractivity contribution in [3.05, 3.63) is 11.6 Å². The highest BCUT2D eigenvalue weighted by atomic mass is 32.2. The molecule has 0 aliphatic carbocycles. The predicted octanol–water partition coefficient (Wildman–Crippen LogP) is 1.61. The van der Waals surface area contributed by atoms with E-state index in [4.69, 9.17) is 0 Å². The lowest BCUT2D eigenvalue weighted by Gasteiger charge is -2.15. The molecule has 0 unspecified atom stereocenters. The van der Waals surface area contributed by atoms with E-state index in [1.807, 2.05) is 12.3 Å². The van der Waals surface area contributed by atoms with Crippen molar-refractivity contribution in [3.8, 4) is 0 Å². The standard InChI is InChI=1S/C11H16N4O2S2/c1-2-12-9-10(15-7-8-18-11(15)13-9)19(16,17)14-5-3-4-6-14/h7-8,12H,2-6H2,1H3. The van der Waals surface area contributed by atoms with Gasteiger partial charge in [-0.1, -0.05) is 0 Å². The number of nitrogens with zero attached hydrogens (tertiary/aromatic N) is 3. The van der Waals surface area contributed by atoms with Crippen LogP contribution >= 0.6 is 11.3 Å². The lowest BCUT2D eigenvalue weighted by molar-refractivity contribution is 0.474. The molecule has 2 aromatic heterocycles. The maximum atomic E-state index is 12.7. The van der Waals surface area contributed by atoms with Crippen LogP contribution in [0.25, 0.3) is 4.96 Å². The molecule has 1 fully saturated rings. The van der Waals surface area contributed by atoms with Gasteiger partial charge in [0.25, 0.3) is 10.0 Å². The second-order valence-corrected chi connectivity index (χ2v) is 7.19. The number of thiazole rings is 1. The van der Waals surface area contributed by atoms with Crippen LogP contribution in [0.15, 0.2) is 16.6 Å². The molecule has 2 aromatic rings. The number of fused-ring (bicyclic) bond motifs is 1. The monoisotopic (exact) mass is 300 g/mol. The van der Waals surface area contributed by atoms with E-state index in [2.05, 4.69) is 10.3 Å². The minimum atomic E-state index is -3.47. The first-order chi connectivity index (χ1) is 9.14. The Morgan fingerprint density at radius 1 is 1.42 bits per heavy atom. The molecule has 1 aliphatic heterocycles. The lowest BCUT2D eigenvalue weighted by atomic mass is 10.4. The normalized spacial score (nSPS) is 17.3. The molecule has 0 radical (unpaired) electrons. The van der Waals surface area contributed by atoms with Crippen molar-refractivity contribution in [2.75, 3.05) is 25.0 Å². The Labute approximate surface area is 116 Å². The summed E-state index contributed by atoms with van der Waals surface area (Å²) < 4.78 is 28.7. The summed E-state index contributed by atoms with van der Waals surface area (Å²) in [5, 5.41) is 5.17. The summed E-state index contributed by atoms with van der Waals surface area (Å²) in [7, 11) is -3.47. The number of rotatable bonds is 4. The van der Waals surface area contributed by atoms with Crippen molar-refractivity contribution in [2.45, 2.75) is 24.8 Å². The average molecular weight is 300 g/mol. The molecular formula is C11H16N4O2S2. The highest BCUT2D eigenvalue weighted by Crippen LogP contribution is 2.29. The van der Waals surface area contributed by atoms with Gasteiger partial charge >= 0.3 is 0 Å². The van der Waals surface area contributed by atoms with E-state index in [1.54, 1.807) is 14.9 Å². The molecule has 1 saturated heterocycles. The SMILES string of the molecule is CCNc1nc2sccn2c1S(=O)(=O)N1CCCC1. The first-order valence-corrected chi connectivity index (χ1v) is 8.66. The van der Waals surface area contributed by atoms with Crippen LogP contribution in [0, 0.1) is 0 Å². The van der Waals surface area contributed by atoms with Gasteiger partial charge in [-0.3, -0.25) is 4.40 Å². The van der Waals surface area contributed by atoms with E-state index in [0.717, 1.165) is 12.8 Å². The van der Waals surface area contributed by atoms with Gasteiger partial charge in [0.05, 0.1) is 0 Å². The minimum Gasteiger partial charge on any atom is -0.368 e. The number of hydrogen-bond donors (Lipinski definition) is 1. The molecule has 0 saturated carbocycles. The molecule has 0 aromatic carbocycles. The summed E-state index contributed by atoms with van der Waals surface area (Å²) in [4.78, 5) is 5.07. The molecule has 3 heterocycles. The number of sulfonamides is 1. The molecule has 104 valence electrons. The van der Waals surface area contributed by atoms with Crippen LogP contribution < -0.4 is 5.32 Å². The number of imidazole rings is 1. The van der Waals surface area contributed by atoms with Crippen LogP contribution in [-0.4, -0.2) is 41.7 Å². The summed E-state index contributed by atoms with van der Waals surface area (Å²) in [6, 6.07) is 0. The fraction of sp³-hybridized carbons (Fsp3) is 0.545. The first-order valence-electron chi connectivity index (χ1n) is 6.34. The molecule has 6 nitrogen and oxygen atoms in total. The molecular weight excluding hydrogens is 284 g/mol. The van der Waals surface area contributed by atoms with Crippen LogP contribution in [0.2, 0.25) is 0 Å². The molecule has 1 N–H and O–H groups in total. The van der Waals surface area contributed by atoms with E-state index < -0.39 is 10.0 Å². The fourth-order valence-corrected chi connectivity index (χ4v) is 4.86. The molecule has 0 atom stereocenters. The largest absolute Gasteiger partial charge is 0.368 e. The first kappa shape index (κ1) is 12.9. The molecule has 3 rings (SSSR count). The smallest absolute Gasteiger partial charge is 0.262 e. The lowest BCUT2D eigenvalue weighted by Crippen LogP contribution is -2.29. The predicted molar refractivity (Wildman–Crippen MR) is 75.2 cm³/mol. The van der Waals surface area contributed by atoms with Crippen LogP contribution in [-0.2, 0) is 10.0 Å². The summed E-state index contributed by atoms with van der Waals surface area (Å²) in [5.41, 5.74) is 0. The Kier molecular flexibility index (Phi) is 3.23. The molecule has 0 spiro atoms. The van der Waals surface area contributed by atoms with Crippen LogP contribution in [0.3, 0.4) is 0 Å². The van der Waals surface area contributed by atoms with E-state index in [-0.39, 0.29) is 5.03 Å². The minimum absolute atomic E-state index is 0.271. The number of hydrogen-bond acceptors (Lipinski definition) is 5. The Morgan fingerprint density at radius 2 is 2.16 bits per heavy atom. The van der Waals surface area contributed by atoms with Crippen molar-refractivity contribution in [2.24, 2.45) is 0 Å². The molecule has 0 amide bonds. The quantitative estimate of drug-likeness (QED) is 0.931. The summed E-state index contributed by atoms with van der Waals surface area (Å²) in [6.07, 6.45) is 3.62. The Hall–Kier alpha value is -1.12. The third kappa shape index (κ3) is 2.03. The van der Waals surface area contributed by atoms with Gasteiger partial charge in [-0.05, 0) is 19.8 Å². The highest BCUT2D eigenvalue weighted by molar-refractivity contribution is 7.89. The van der Waals surface area contributed by atoms with Crippen LogP contribution in [0.5, 0.6) is 0 Å². The van der Waals surface area contributed by atoms with Crippen molar-refractivity contribution in [1.82, 2.24) is 13.7 Å². The van der Waals surface area contributed by atoms with E-state index >= 15 is 0 Å². The van der Waals surface area contributed by atoms with E-state index in [1.165, 1.54) is 11.3 Å². The van der Waals surface area contributed by atoms with Crippen LogP contribution in [0.4, 0.5) is 5.82 Å². The maximum absolute atomic E-state index is 12.7. The van der Waals surface area contributed by atoms with E-state index in [9.17, 15) is 8.42 Å².